The molecule has 0 atom stereocenters. The van der Waals surface area contributed by atoms with E-state index in [0.717, 1.165) is 48.8 Å². The highest BCUT2D eigenvalue weighted by Gasteiger charge is 2.10. The Bertz CT molecular complexity index is 541. The molecule has 0 fully saturated rings. The lowest BCUT2D eigenvalue weighted by molar-refractivity contribution is 0.542. The Hall–Kier alpha value is -1.33. The van der Waals surface area contributed by atoms with Gasteiger partial charge in [-0.2, -0.15) is 0 Å². The number of hydrogen-bond acceptors (Lipinski definition) is 5. The van der Waals surface area contributed by atoms with Crippen molar-refractivity contribution in [2.24, 2.45) is 5.92 Å². The largest absolute Gasteiger partial charge is 0.316 e. The van der Waals surface area contributed by atoms with E-state index in [2.05, 4.69) is 48.0 Å². The van der Waals surface area contributed by atoms with Crippen molar-refractivity contribution in [3.05, 3.63) is 27.8 Å². The van der Waals surface area contributed by atoms with E-state index in [0.29, 0.717) is 5.92 Å². The third-order valence-corrected chi connectivity index (χ3v) is 4.00. The van der Waals surface area contributed by atoms with Gasteiger partial charge in [0.05, 0.1) is 5.51 Å². The molecule has 0 amide bonds. The average molecular weight is 304 g/mol. The van der Waals surface area contributed by atoms with Crippen molar-refractivity contribution in [1.82, 2.24) is 20.3 Å². The highest BCUT2D eigenvalue weighted by molar-refractivity contribution is 7.07. The van der Waals surface area contributed by atoms with Crippen molar-refractivity contribution in [2.45, 2.75) is 40.5 Å². The fraction of sp³-hybridized carbons (Fsp3) is 0.562. The Morgan fingerprint density at radius 1 is 1.19 bits per heavy atom. The zero-order chi connectivity index (χ0) is 15.2. The molecule has 0 aliphatic carbocycles. The molecule has 5 heteroatoms. The SMILES string of the molecule is Cc1nc(-c2cscn2)nc(C)c1CCCNCC(C)C. The lowest BCUT2D eigenvalue weighted by Crippen LogP contribution is -2.21. The number of nitrogens with one attached hydrogen (secondary N) is 1. The van der Waals surface area contributed by atoms with Crippen LogP contribution in [0.5, 0.6) is 0 Å². The summed E-state index contributed by atoms with van der Waals surface area (Å²) in [7, 11) is 0. The molecular formula is C16H24N4S. The molecule has 2 aromatic rings. The summed E-state index contributed by atoms with van der Waals surface area (Å²) >= 11 is 1.57. The minimum atomic E-state index is 0.703. The normalized spacial score (nSPS) is 11.3. The molecule has 0 bridgehead atoms. The second kappa shape index (κ2) is 7.61. The third-order valence-electron chi connectivity index (χ3n) is 3.42. The number of aromatic nitrogens is 3. The predicted octanol–water partition coefficient (Wildman–Crippen LogP) is 3.40. The first kappa shape index (κ1) is 16.0. The Labute approximate surface area is 131 Å². The van der Waals surface area contributed by atoms with Gasteiger partial charge in [-0.1, -0.05) is 13.8 Å². The van der Waals surface area contributed by atoms with Crippen LogP contribution in [-0.2, 0) is 6.42 Å². The summed E-state index contributed by atoms with van der Waals surface area (Å²) in [6.45, 7) is 10.7. The average Bonchev–Trinajstić information content (AvgIpc) is 2.94. The summed E-state index contributed by atoms with van der Waals surface area (Å²) in [5.74, 6) is 1.45. The molecule has 0 radical (unpaired) electrons. The first-order valence-corrected chi connectivity index (χ1v) is 8.45. The fourth-order valence-electron chi connectivity index (χ4n) is 2.32. The second-order valence-corrected chi connectivity index (χ2v) is 6.49. The highest BCUT2D eigenvalue weighted by Crippen LogP contribution is 2.19. The van der Waals surface area contributed by atoms with Gasteiger partial charge in [0.1, 0.15) is 5.69 Å². The van der Waals surface area contributed by atoms with E-state index in [-0.39, 0.29) is 0 Å². The van der Waals surface area contributed by atoms with Gasteiger partial charge in [0.15, 0.2) is 5.82 Å². The number of nitrogens with zero attached hydrogens (tertiary/aromatic N) is 3. The molecule has 2 heterocycles. The minimum absolute atomic E-state index is 0.703. The van der Waals surface area contributed by atoms with Gasteiger partial charge in [0.25, 0.3) is 0 Å². The molecule has 0 aliphatic rings. The standard InChI is InChI=1S/C16H24N4S/c1-11(2)8-17-7-5-6-14-12(3)19-16(20-13(14)4)15-9-21-10-18-15/h9-11,17H,5-8H2,1-4H3. The van der Waals surface area contributed by atoms with Crippen LogP contribution in [0, 0.1) is 19.8 Å². The van der Waals surface area contributed by atoms with E-state index >= 15 is 0 Å². The van der Waals surface area contributed by atoms with Gasteiger partial charge in [0.2, 0.25) is 0 Å². The second-order valence-electron chi connectivity index (χ2n) is 5.77. The van der Waals surface area contributed by atoms with Crippen LogP contribution in [0.25, 0.3) is 11.5 Å². The van der Waals surface area contributed by atoms with Crippen molar-refractivity contribution in [3.8, 4) is 11.5 Å². The summed E-state index contributed by atoms with van der Waals surface area (Å²) < 4.78 is 0. The maximum Gasteiger partial charge on any atom is 0.179 e. The summed E-state index contributed by atoms with van der Waals surface area (Å²) in [5.41, 5.74) is 6.12. The van der Waals surface area contributed by atoms with Crippen molar-refractivity contribution < 1.29 is 0 Å². The monoisotopic (exact) mass is 304 g/mol. The van der Waals surface area contributed by atoms with Crippen LogP contribution in [-0.4, -0.2) is 28.0 Å². The summed E-state index contributed by atoms with van der Waals surface area (Å²) in [5, 5.41) is 5.47. The molecule has 0 saturated carbocycles. The number of aryl methyl sites for hydroxylation is 2. The molecule has 114 valence electrons. The van der Waals surface area contributed by atoms with Crippen molar-refractivity contribution in [3.63, 3.8) is 0 Å². The van der Waals surface area contributed by atoms with Crippen molar-refractivity contribution in [1.29, 1.82) is 0 Å². The van der Waals surface area contributed by atoms with Gasteiger partial charge >= 0.3 is 0 Å². The van der Waals surface area contributed by atoms with Gasteiger partial charge in [0, 0.05) is 16.8 Å². The Morgan fingerprint density at radius 3 is 2.48 bits per heavy atom. The number of hydrogen-bond donors (Lipinski definition) is 1. The molecule has 0 unspecified atom stereocenters. The maximum absolute atomic E-state index is 4.62. The van der Waals surface area contributed by atoms with Crippen LogP contribution < -0.4 is 5.32 Å². The zero-order valence-electron chi connectivity index (χ0n) is 13.3. The predicted molar refractivity (Wildman–Crippen MR) is 88.6 cm³/mol. The van der Waals surface area contributed by atoms with Gasteiger partial charge in [-0.3, -0.25) is 0 Å². The van der Waals surface area contributed by atoms with Gasteiger partial charge in [-0.05, 0) is 51.3 Å². The van der Waals surface area contributed by atoms with Crippen LogP contribution in [0.3, 0.4) is 0 Å². The highest BCUT2D eigenvalue weighted by atomic mass is 32.1. The molecule has 4 nitrogen and oxygen atoms in total. The molecule has 0 aromatic carbocycles. The topological polar surface area (TPSA) is 50.7 Å². The summed E-state index contributed by atoms with van der Waals surface area (Å²) in [6, 6.07) is 0. The van der Waals surface area contributed by atoms with Gasteiger partial charge in [-0.15, -0.1) is 11.3 Å². The molecule has 2 aromatic heterocycles. The van der Waals surface area contributed by atoms with Crippen molar-refractivity contribution in [2.75, 3.05) is 13.1 Å². The Balaban J connectivity index is 1.98. The summed E-state index contributed by atoms with van der Waals surface area (Å²) in [4.78, 5) is 13.5. The maximum atomic E-state index is 4.62. The first-order chi connectivity index (χ1) is 10.1. The number of thiazole rings is 1. The molecule has 21 heavy (non-hydrogen) atoms. The zero-order valence-corrected chi connectivity index (χ0v) is 14.1. The Morgan fingerprint density at radius 2 is 1.90 bits per heavy atom. The van der Waals surface area contributed by atoms with Crippen LogP contribution in [0.15, 0.2) is 10.9 Å². The number of rotatable bonds is 7. The van der Waals surface area contributed by atoms with E-state index < -0.39 is 0 Å². The van der Waals surface area contributed by atoms with E-state index in [4.69, 9.17) is 0 Å². The lowest BCUT2D eigenvalue weighted by atomic mass is 10.1. The lowest BCUT2D eigenvalue weighted by Gasteiger charge is -2.11. The smallest absolute Gasteiger partial charge is 0.179 e. The summed E-state index contributed by atoms with van der Waals surface area (Å²) in [6.07, 6.45) is 2.15. The molecule has 0 saturated heterocycles. The quantitative estimate of drug-likeness (QED) is 0.797. The van der Waals surface area contributed by atoms with Crippen molar-refractivity contribution >= 4 is 11.3 Å². The molecule has 2 rings (SSSR count). The van der Waals surface area contributed by atoms with Crippen LogP contribution in [0.2, 0.25) is 0 Å². The van der Waals surface area contributed by atoms with E-state index in [1.165, 1.54) is 5.56 Å². The molecular weight excluding hydrogens is 280 g/mol. The molecule has 0 aliphatic heterocycles. The Kier molecular flexibility index (Phi) is 5.82. The van der Waals surface area contributed by atoms with E-state index in [9.17, 15) is 0 Å². The van der Waals surface area contributed by atoms with Crippen LogP contribution in [0.4, 0.5) is 0 Å². The van der Waals surface area contributed by atoms with Gasteiger partial charge < -0.3 is 5.32 Å². The minimum Gasteiger partial charge on any atom is -0.316 e. The molecule has 0 spiro atoms. The van der Waals surface area contributed by atoms with E-state index in [1.807, 2.05) is 10.9 Å². The van der Waals surface area contributed by atoms with Gasteiger partial charge in [-0.25, -0.2) is 15.0 Å². The van der Waals surface area contributed by atoms with E-state index in [1.54, 1.807) is 11.3 Å². The first-order valence-electron chi connectivity index (χ1n) is 7.51. The third kappa shape index (κ3) is 4.58. The van der Waals surface area contributed by atoms with Crippen LogP contribution in [0.1, 0.15) is 37.2 Å². The molecule has 1 N–H and O–H groups in total. The van der Waals surface area contributed by atoms with Crippen LogP contribution >= 0.6 is 11.3 Å². The fourth-order valence-corrected chi connectivity index (χ4v) is 2.85.